The van der Waals surface area contributed by atoms with E-state index >= 15 is 0 Å². The Labute approximate surface area is 172 Å². The van der Waals surface area contributed by atoms with Crippen LogP contribution >= 0.6 is 0 Å². The summed E-state index contributed by atoms with van der Waals surface area (Å²) in [5, 5.41) is 10.5. The molecule has 1 fully saturated rings. The number of benzene rings is 2. The number of carbonyl (C=O) groups is 1. The van der Waals surface area contributed by atoms with Gasteiger partial charge in [-0.2, -0.15) is 0 Å². The van der Waals surface area contributed by atoms with Gasteiger partial charge in [-0.3, -0.25) is 9.69 Å². The smallest absolute Gasteiger partial charge is 0.167 e. The maximum atomic E-state index is 13.1. The molecule has 6 heteroatoms. The Morgan fingerprint density at radius 3 is 2.66 bits per heavy atom. The van der Waals surface area contributed by atoms with E-state index in [-0.39, 0.29) is 17.5 Å². The number of ether oxygens (including phenoxy) is 3. The fourth-order valence-electron chi connectivity index (χ4n) is 3.85. The zero-order chi connectivity index (χ0) is 20.8. The molecule has 0 aromatic heterocycles. The van der Waals surface area contributed by atoms with E-state index in [2.05, 4.69) is 4.90 Å². The lowest BCUT2D eigenvalue weighted by Crippen LogP contribution is -2.38. The lowest BCUT2D eigenvalue weighted by Gasteiger charge is -2.32. The van der Waals surface area contributed by atoms with Crippen LogP contribution in [0.3, 0.4) is 0 Å². The predicted octanol–water partition coefficient (Wildman–Crippen LogP) is 3.90. The van der Waals surface area contributed by atoms with Crippen molar-refractivity contribution in [2.75, 3.05) is 33.9 Å². The number of likely N-dealkylation sites (tertiary alicyclic amines) is 1. The van der Waals surface area contributed by atoms with Gasteiger partial charge in [-0.1, -0.05) is 12.1 Å². The molecule has 1 unspecified atom stereocenters. The van der Waals surface area contributed by atoms with Gasteiger partial charge in [-0.25, -0.2) is 0 Å². The normalized spacial score (nSPS) is 17.0. The molecule has 2 aromatic rings. The van der Waals surface area contributed by atoms with E-state index in [4.69, 9.17) is 14.2 Å². The molecule has 2 aromatic carbocycles. The van der Waals surface area contributed by atoms with Crippen LogP contribution < -0.4 is 14.2 Å². The van der Waals surface area contributed by atoms with Crippen molar-refractivity contribution in [3.8, 4) is 23.0 Å². The second kappa shape index (κ2) is 9.65. The number of hydrogen-bond donors (Lipinski definition) is 1. The minimum Gasteiger partial charge on any atom is -0.504 e. The van der Waals surface area contributed by atoms with Crippen LogP contribution in [0.15, 0.2) is 36.4 Å². The third kappa shape index (κ3) is 4.82. The van der Waals surface area contributed by atoms with E-state index in [1.165, 1.54) is 0 Å². The van der Waals surface area contributed by atoms with Gasteiger partial charge in [-0.15, -0.1) is 0 Å². The summed E-state index contributed by atoms with van der Waals surface area (Å²) >= 11 is 0. The molecule has 0 bridgehead atoms. The van der Waals surface area contributed by atoms with E-state index in [1.54, 1.807) is 38.5 Å². The average molecular weight is 399 g/mol. The molecule has 6 nitrogen and oxygen atoms in total. The van der Waals surface area contributed by atoms with Gasteiger partial charge in [-0.05, 0) is 50.6 Å². The molecule has 0 aliphatic carbocycles. The number of Topliss-reactive ketones (excluding diaryl/α,β-unsaturated/α-hetero) is 1. The van der Waals surface area contributed by atoms with E-state index < -0.39 is 0 Å². The molecule has 0 radical (unpaired) electrons. The van der Waals surface area contributed by atoms with E-state index in [1.807, 2.05) is 19.1 Å². The summed E-state index contributed by atoms with van der Waals surface area (Å²) in [5.41, 5.74) is 1.45. The van der Waals surface area contributed by atoms with E-state index in [9.17, 15) is 9.90 Å². The summed E-state index contributed by atoms with van der Waals surface area (Å²) in [6.07, 6.45) is 1.80. The van der Waals surface area contributed by atoms with Gasteiger partial charge < -0.3 is 19.3 Å². The van der Waals surface area contributed by atoms with Gasteiger partial charge in [0.05, 0.1) is 20.8 Å². The topological polar surface area (TPSA) is 68.2 Å². The first-order valence-corrected chi connectivity index (χ1v) is 9.99. The average Bonchev–Trinajstić information content (AvgIpc) is 2.76. The Hall–Kier alpha value is -2.73. The van der Waals surface area contributed by atoms with Crippen molar-refractivity contribution in [3.05, 3.63) is 47.5 Å². The maximum absolute atomic E-state index is 13.1. The summed E-state index contributed by atoms with van der Waals surface area (Å²) in [6.45, 7) is 4.53. The number of carbonyl (C=O) groups excluding carboxylic acids is 1. The molecule has 1 heterocycles. The third-order valence-electron chi connectivity index (χ3n) is 5.32. The van der Waals surface area contributed by atoms with Crippen molar-refractivity contribution >= 4 is 5.78 Å². The summed E-state index contributed by atoms with van der Waals surface area (Å²) in [5.74, 6) is 1.88. The minimum absolute atomic E-state index is 0.0842. The van der Waals surface area contributed by atoms with Gasteiger partial charge in [0.1, 0.15) is 0 Å². The number of methoxy groups -OCH3 is 2. The van der Waals surface area contributed by atoms with Gasteiger partial charge in [0.15, 0.2) is 28.8 Å². The molecular weight excluding hydrogens is 370 g/mol. The molecule has 1 aliphatic heterocycles. The van der Waals surface area contributed by atoms with Gasteiger partial charge in [0, 0.05) is 30.1 Å². The quantitative estimate of drug-likeness (QED) is 0.679. The maximum Gasteiger partial charge on any atom is 0.167 e. The number of rotatable bonds is 8. The second-order valence-corrected chi connectivity index (χ2v) is 7.21. The lowest BCUT2D eigenvalue weighted by atomic mass is 9.89. The summed E-state index contributed by atoms with van der Waals surface area (Å²) in [4.78, 5) is 15.3. The Balaban J connectivity index is 1.71. The van der Waals surface area contributed by atoms with Gasteiger partial charge in [0.25, 0.3) is 0 Å². The molecule has 0 amide bonds. The van der Waals surface area contributed by atoms with Crippen molar-refractivity contribution in [2.45, 2.75) is 26.3 Å². The highest BCUT2D eigenvalue weighted by molar-refractivity contribution is 5.98. The highest BCUT2D eigenvalue weighted by Gasteiger charge is 2.28. The standard InChI is InChI=1S/C23H29NO5/c1-4-29-20-9-5-7-18(23(20)26)15-24-12-6-8-17(14-24)22(25)16-10-11-19(27-2)21(13-16)28-3/h5,7,9-11,13,17,26H,4,6,8,12,14-15H2,1-3H3. The van der Waals surface area contributed by atoms with Crippen LogP contribution in [0, 0.1) is 5.92 Å². The SMILES string of the molecule is CCOc1cccc(CN2CCCC(C(=O)c3ccc(OC)c(OC)c3)C2)c1O. The van der Waals surface area contributed by atoms with Crippen molar-refractivity contribution in [1.82, 2.24) is 4.90 Å². The van der Waals surface area contributed by atoms with Crippen molar-refractivity contribution < 1.29 is 24.1 Å². The first-order chi connectivity index (χ1) is 14.1. The number of ketones is 1. The number of nitrogens with zero attached hydrogens (tertiary/aromatic N) is 1. The van der Waals surface area contributed by atoms with Crippen LogP contribution in [0.25, 0.3) is 0 Å². The molecule has 1 atom stereocenters. The Kier molecular flexibility index (Phi) is 6.99. The zero-order valence-corrected chi connectivity index (χ0v) is 17.3. The highest BCUT2D eigenvalue weighted by atomic mass is 16.5. The Morgan fingerprint density at radius 1 is 1.14 bits per heavy atom. The highest BCUT2D eigenvalue weighted by Crippen LogP contribution is 2.33. The fourth-order valence-corrected chi connectivity index (χ4v) is 3.85. The number of phenols is 1. The Morgan fingerprint density at radius 2 is 1.93 bits per heavy atom. The minimum atomic E-state index is -0.0842. The van der Waals surface area contributed by atoms with Gasteiger partial charge in [0.2, 0.25) is 0 Å². The fraction of sp³-hybridized carbons (Fsp3) is 0.435. The largest absolute Gasteiger partial charge is 0.504 e. The van der Waals surface area contributed by atoms with E-state index in [0.717, 1.165) is 24.9 Å². The van der Waals surface area contributed by atoms with E-state index in [0.29, 0.717) is 42.5 Å². The van der Waals surface area contributed by atoms with Crippen LogP contribution in [0.1, 0.15) is 35.7 Å². The molecule has 0 saturated carbocycles. The number of para-hydroxylation sites is 1. The number of aromatic hydroxyl groups is 1. The Bertz CT molecular complexity index is 851. The van der Waals surface area contributed by atoms with Crippen LogP contribution in [0.4, 0.5) is 0 Å². The zero-order valence-electron chi connectivity index (χ0n) is 17.3. The van der Waals surface area contributed by atoms with Gasteiger partial charge >= 0.3 is 0 Å². The van der Waals surface area contributed by atoms with Crippen molar-refractivity contribution in [3.63, 3.8) is 0 Å². The lowest BCUT2D eigenvalue weighted by molar-refractivity contribution is 0.0810. The molecule has 1 N–H and O–H groups in total. The summed E-state index contributed by atoms with van der Waals surface area (Å²) < 4.78 is 16.1. The van der Waals surface area contributed by atoms with Crippen molar-refractivity contribution in [2.24, 2.45) is 5.92 Å². The number of hydrogen-bond acceptors (Lipinski definition) is 6. The second-order valence-electron chi connectivity index (χ2n) is 7.21. The van der Waals surface area contributed by atoms with Crippen LogP contribution in [-0.4, -0.2) is 49.7 Å². The number of piperidine rings is 1. The summed E-state index contributed by atoms with van der Waals surface area (Å²) in [6, 6.07) is 10.9. The third-order valence-corrected chi connectivity index (χ3v) is 5.32. The molecule has 0 spiro atoms. The van der Waals surface area contributed by atoms with Crippen molar-refractivity contribution in [1.29, 1.82) is 0 Å². The first kappa shape index (κ1) is 21.0. The monoisotopic (exact) mass is 399 g/mol. The predicted molar refractivity (Wildman–Crippen MR) is 111 cm³/mol. The van der Waals surface area contributed by atoms with Crippen LogP contribution in [0.5, 0.6) is 23.0 Å². The van der Waals surface area contributed by atoms with Crippen LogP contribution in [-0.2, 0) is 6.54 Å². The molecule has 29 heavy (non-hydrogen) atoms. The van der Waals surface area contributed by atoms with Crippen LogP contribution in [0.2, 0.25) is 0 Å². The summed E-state index contributed by atoms with van der Waals surface area (Å²) in [7, 11) is 3.14. The molecular formula is C23H29NO5. The first-order valence-electron chi connectivity index (χ1n) is 9.99. The molecule has 156 valence electrons. The number of phenolic OH excluding ortho intramolecular Hbond substituents is 1. The molecule has 1 aliphatic rings. The molecule has 3 rings (SSSR count). The molecule has 1 saturated heterocycles.